The van der Waals surface area contributed by atoms with E-state index in [1.165, 1.54) is 24.0 Å². The van der Waals surface area contributed by atoms with E-state index in [9.17, 15) is 4.79 Å². The highest BCUT2D eigenvalue weighted by Gasteiger charge is 2.26. The number of esters is 1. The number of ether oxygens (including phenoxy) is 1. The van der Waals surface area contributed by atoms with Crippen LogP contribution < -0.4 is 10.6 Å². The summed E-state index contributed by atoms with van der Waals surface area (Å²) in [4.78, 5) is 13.0. The summed E-state index contributed by atoms with van der Waals surface area (Å²) in [5.41, 5.74) is 1.84. The summed E-state index contributed by atoms with van der Waals surface area (Å²) in [6.45, 7) is 1.03. The van der Waals surface area contributed by atoms with Crippen LogP contribution in [-0.2, 0) is 4.74 Å². The summed E-state index contributed by atoms with van der Waals surface area (Å²) in [5, 5.41) is 6.86. The number of nitrogens with one attached hydrogen (secondary N) is 2. The zero-order chi connectivity index (χ0) is 14.7. The first-order valence-electron chi connectivity index (χ1n) is 7.26. The second kappa shape index (κ2) is 6.54. The van der Waals surface area contributed by atoms with Crippen molar-refractivity contribution in [3.05, 3.63) is 46.5 Å². The van der Waals surface area contributed by atoms with Gasteiger partial charge in [-0.1, -0.05) is 12.1 Å². The predicted octanol–water partition coefficient (Wildman–Crippen LogP) is 2.65. The molecule has 112 valence electrons. The monoisotopic (exact) mass is 304 g/mol. The Bertz CT molecular complexity index is 542. The van der Waals surface area contributed by atoms with Gasteiger partial charge >= 0.3 is 5.97 Å². The summed E-state index contributed by atoms with van der Waals surface area (Å²) >= 11 is 1.92. The predicted molar refractivity (Wildman–Crippen MR) is 84.9 cm³/mol. The topological polar surface area (TPSA) is 50.4 Å². The highest BCUT2D eigenvalue weighted by molar-refractivity contribution is 8.03. The van der Waals surface area contributed by atoms with E-state index in [0.29, 0.717) is 17.5 Å². The molecule has 0 unspecified atom stereocenters. The Morgan fingerprint density at radius 1 is 1.33 bits per heavy atom. The van der Waals surface area contributed by atoms with Crippen molar-refractivity contribution in [2.45, 2.75) is 18.9 Å². The van der Waals surface area contributed by atoms with Crippen molar-refractivity contribution in [3.63, 3.8) is 0 Å². The molecule has 0 amide bonds. The van der Waals surface area contributed by atoms with Crippen LogP contribution in [-0.4, -0.2) is 25.5 Å². The lowest BCUT2D eigenvalue weighted by atomic mass is 9.88. The van der Waals surface area contributed by atoms with Crippen molar-refractivity contribution >= 4 is 17.7 Å². The van der Waals surface area contributed by atoms with Gasteiger partial charge < -0.3 is 15.4 Å². The maximum atomic E-state index is 11.5. The summed E-state index contributed by atoms with van der Waals surface area (Å²) in [6, 6.07) is 8.11. The molecule has 0 aromatic heterocycles. The normalized spacial score (nSPS) is 25.1. The van der Waals surface area contributed by atoms with E-state index < -0.39 is 0 Å². The number of hydrogen-bond donors (Lipinski definition) is 2. The van der Waals surface area contributed by atoms with Crippen molar-refractivity contribution in [1.82, 2.24) is 10.6 Å². The van der Waals surface area contributed by atoms with Crippen LogP contribution in [0.5, 0.6) is 0 Å². The van der Waals surface area contributed by atoms with Crippen molar-refractivity contribution < 1.29 is 9.53 Å². The number of thioether (sulfide) groups is 1. The third kappa shape index (κ3) is 3.24. The van der Waals surface area contributed by atoms with E-state index in [4.69, 9.17) is 4.74 Å². The molecule has 4 nitrogen and oxygen atoms in total. The molecule has 0 saturated carbocycles. The highest BCUT2D eigenvalue weighted by Crippen LogP contribution is 2.37. The number of carbonyl (C=O) groups excluding carboxylic acids is 1. The minimum absolute atomic E-state index is 0.283. The average Bonchev–Trinajstić information content (AvgIpc) is 3.09. The number of methoxy groups -OCH3 is 1. The van der Waals surface area contributed by atoms with Crippen molar-refractivity contribution in [2.75, 3.05) is 19.5 Å². The molecule has 2 aliphatic rings. The maximum absolute atomic E-state index is 11.5. The molecule has 0 bridgehead atoms. The maximum Gasteiger partial charge on any atom is 0.337 e. The lowest BCUT2D eigenvalue weighted by molar-refractivity contribution is 0.0600. The van der Waals surface area contributed by atoms with Gasteiger partial charge in [0.25, 0.3) is 0 Å². The zero-order valence-electron chi connectivity index (χ0n) is 12.1. The quantitative estimate of drug-likeness (QED) is 0.841. The van der Waals surface area contributed by atoms with Gasteiger partial charge in [-0.05, 0) is 43.0 Å². The van der Waals surface area contributed by atoms with E-state index in [-0.39, 0.29) is 5.97 Å². The van der Waals surface area contributed by atoms with Crippen molar-refractivity contribution in [2.24, 2.45) is 5.92 Å². The van der Waals surface area contributed by atoms with Gasteiger partial charge in [0.15, 0.2) is 0 Å². The van der Waals surface area contributed by atoms with Crippen LogP contribution >= 0.6 is 11.8 Å². The van der Waals surface area contributed by atoms with E-state index in [0.717, 1.165) is 18.8 Å². The molecular weight excluding hydrogens is 284 g/mol. The number of hydrogen-bond acceptors (Lipinski definition) is 5. The van der Waals surface area contributed by atoms with E-state index in [1.807, 2.05) is 36.0 Å². The number of rotatable bonds is 3. The summed E-state index contributed by atoms with van der Waals surface area (Å²) in [5.74, 6) is 1.35. The van der Waals surface area contributed by atoms with Gasteiger partial charge in [-0.2, -0.15) is 0 Å². The Kier molecular flexibility index (Phi) is 4.51. The summed E-state index contributed by atoms with van der Waals surface area (Å²) in [7, 11) is 1.41. The molecule has 2 heterocycles. The van der Waals surface area contributed by atoms with Crippen LogP contribution in [0.25, 0.3) is 0 Å². The second-order valence-corrected chi connectivity index (χ2v) is 6.43. The van der Waals surface area contributed by atoms with Crippen LogP contribution in [0.3, 0.4) is 0 Å². The third-order valence-electron chi connectivity index (χ3n) is 4.11. The average molecular weight is 304 g/mol. The Labute approximate surface area is 129 Å². The smallest absolute Gasteiger partial charge is 0.337 e. The molecule has 2 aliphatic heterocycles. The standard InChI is InChI=1S/C16H20N2O2S/c1-20-16(19)12-4-2-11(3-5-12)14-8-13(6-7-18-14)15-9-17-10-21-15/h2-5,9,13-14,17-18H,6-8,10H2,1H3/t13-,14-/m0/s1. The molecule has 1 aromatic carbocycles. The SMILES string of the molecule is COC(=O)c1ccc([C@@H]2C[C@@H](C3=CNCS3)CCN2)cc1. The van der Waals surface area contributed by atoms with Crippen LogP contribution in [0.1, 0.15) is 34.8 Å². The highest BCUT2D eigenvalue weighted by atomic mass is 32.2. The molecule has 1 saturated heterocycles. The fourth-order valence-electron chi connectivity index (χ4n) is 2.94. The molecule has 0 spiro atoms. The molecule has 0 radical (unpaired) electrons. The van der Waals surface area contributed by atoms with E-state index >= 15 is 0 Å². The molecule has 1 aromatic rings. The zero-order valence-corrected chi connectivity index (χ0v) is 12.9. The molecule has 0 aliphatic carbocycles. The Morgan fingerprint density at radius 2 is 2.14 bits per heavy atom. The van der Waals surface area contributed by atoms with Crippen LogP contribution in [0.4, 0.5) is 0 Å². The van der Waals surface area contributed by atoms with Gasteiger partial charge in [0.1, 0.15) is 0 Å². The van der Waals surface area contributed by atoms with Gasteiger partial charge in [0.2, 0.25) is 0 Å². The Morgan fingerprint density at radius 3 is 2.81 bits per heavy atom. The van der Waals surface area contributed by atoms with Gasteiger partial charge in [0, 0.05) is 17.1 Å². The Hall–Kier alpha value is -1.46. The first-order valence-corrected chi connectivity index (χ1v) is 8.24. The van der Waals surface area contributed by atoms with Gasteiger partial charge in [0.05, 0.1) is 18.6 Å². The molecule has 2 atom stereocenters. The first-order chi connectivity index (χ1) is 10.3. The third-order valence-corrected chi connectivity index (χ3v) is 5.20. The fraction of sp³-hybridized carbons (Fsp3) is 0.438. The molecule has 21 heavy (non-hydrogen) atoms. The first kappa shape index (κ1) is 14.5. The Balaban J connectivity index is 1.69. The van der Waals surface area contributed by atoms with Crippen molar-refractivity contribution in [3.8, 4) is 0 Å². The lowest BCUT2D eigenvalue weighted by Gasteiger charge is -2.31. The van der Waals surface area contributed by atoms with Gasteiger partial charge in [-0.3, -0.25) is 0 Å². The molecule has 5 heteroatoms. The van der Waals surface area contributed by atoms with Crippen LogP contribution in [0.15, 0.2) is 35.4 Å². The van der Waals surface area contributed by atoms with Crippen LogP contribution in [0, 0.1) is 5.92 Å². The van der Waals surface area contributed by atoms with E-state index in [1.54, 1.807) is 0 Å². The molecule has 2 N–H and O–H groups in total. The lowest BCUT2D eigenvalue weighted by Crippen LogP contribution is -2.32. The number of carbonyl (C=O) groups is 1. The summed E-state index contributed by atoms with van der Waals surface area (Å²) < 4.78 is 4.73. The minimum atomic E-state index is -0.283. The largest absolute Gasteiger partial charge is 0.465 e. The van der Waals surface area contributed by atoms with Crippen LogP contribution in [0.2, 0.25) is 0 Å². The number of allylic oxidation sites excluding steroid dienone is 1. The molecular formula is C16H20N2O2S. The van der Waals surface area contributed by atoms with Gasteiger partial charge in [-0.25, -0.2) is 4.79 Å². The number of benzene rings is 1. The second-order valence-electron chi connectivity index (χ2n) is 5.38. The molecule has 3 rings (SSSR count). The summed E-state index contributed by atoms with van der Waals surface area (Å²) in [6.07, 6.45) is 4.47. The molecule has 1 fully saturated rings. The van der Waals surface area contributed by atoms with Gasteiger partial charge in [-0.15, -0.1) is 11.8 Å². The number of piperidine rings is 1. The minimum Gasteiger partial charge on any atom is -0.465 e. The fourth-order valence-corrected chi connectivity index (χ4v) is 3.89. The van der Waals surface area contributed by atoms with Crippen molar-refractivity contribution in [1.29, 1.82) is 0 Å². The van der Waals surface area contributed by atoms with E-state index in [2.05, 4.69) is 16.8 Å².